The predicted octanol–water partition coefficient (Wildman–Crippen LogP) is 3.81. The second-order valence-corrected chi connectivity index (χ2v) is 11.5. The van der Waals surface area contributed by atoms with Crippen molar-refractivity contribution in [3.05, 3.63) is 76.5 Å². The van der Waals surface area contributed by atoms with Gasteiger partial charge < -0.3 is 10.1 Å². The second-order valence-electron chi connectivity index (χ2n) is 9.37. The van der Waals surface area contributed by atoms with Crippen molar-refractivity contribution in [2.75, 3.05) is 38.4 Å². The molecular weight excluding hydrogens is 577 g/mol. The predicted molar refractivity (Wildman–Crippen MR) is 148 cm³/mol. The fourth-order valence-electron chi connectivity index (χ4n) is 4.36. The van der Waals surface area contributed by atoms with Crippen molar-refractivity contribution < 1.29 is 35.9 Å². The second kappa shape index (κ2) is 12.6. The van der Waals surface area contributed by atoms with E-state index in [1.165, 1.54) is 44.3 Å². The third-order valence-electron chi connectivity index (χ3n) is 6.60. The number of guanidine groups is 1. The Morgan fingerprint density at radius 1 is 1.19 bits per heavy atom. The number of rotatable bonds is 8. The monoisotopic (exact) mass is 606 g/mol. The molecule has 42 heavy (non-hydrogen) atoms. The number of allylic oxidation sites excluding steroid dienone is 1. The van der Waals surface area contributed by atoms with Crippen LogP contribution >= 0.6 is 0 Å². The number of nitriles is 1. The number of carbonyl (C=O) groups is 2. The summed E-state index contributed by atoms with van der Waals surface area (Å²) in [7, 11) is -0.969. The van der Waals surface area contributed by atoms with Gasteiger partial charge >= 0.3 is 18.2 Å². The first-order valence-corrected chi connectivity index (χ1v) is 14.3. The van der Waals surface area contributed by atoms with Gasteiger partial charge in [0.1, 0.15) is 6.04 Å². The molecule has 1 aliphatic rings. The number of nitrogens with zero attached hydrogens (tertiary/aromatic N) is 4. The summed E-state index contributed by atoms with van der Waals surface area (Å²) in [5.41, 5.74) is -0.572. The molecule has 1 atom stereocenters. The van der Waals surface area contributed by atoms with E-state index in [0.717, 1.165) is 45.7 Å². The minimum Gasteiger partial charge on any atom is -0.466 e. The number of carbonyl (C=O) groups excluding carboxylic acids is 2. The zero-order chi connectivity index (χ0) is 31.4. The molecule has 0 aromatic heterocycles. The summed E-state index contributed by atoms with van der Waals surface area (Å²) in [5.74, 6) is -1.45. The molecule has 2 amide bonds. The molecule has 0 saturated heterocycles. The summed E-state index contributed by atoms with van der Waals surface area (Å²) >= 11 is 0. The van der Waals surface area contributed by atoms with E-state index in [4.69, 9.17) is 10.1 Å². The number of sulfonamides is 1. The van der Waals surface area contributed by atoms with Crippen LogP contribution in [0, 0.1) is 16.7 Å². The maximum absolute atomic E-state index is 13.6. The lowest BCUT2D eigenvalue weighted by Gasteiger charge is -2.43. The normalized spacial score (nSPS) is 16.0. The highest BCUT2D eigenvalue weighted by atomic mass is 32.2. The summed E-state index contributed by atoms with van der Waals surface area (Å²) in [6.07, 6.45) is -3.46. The smallest absolute Gasteiger partial charge is 0.416 e. The number of anilines is 1. The number of nitrogens with one attached hydrogen (secondary N) is 2. The van der Waals surface area contributed by atoms with E-state index in [1.54, 1.807) is 0 Å². The van der Waals surface area contributed by atoms with Crippen molar-refractivity contribution >= 4 is 33.7 Å². The Morgan fingerprint density at radius 3 is 2.38 bits per heavy atom. The molecule has 224 valence electrons. The molecule has 15 heteroatoms. The van der Waals surface area contributed by atoms with Crippen LogP contribution < -0.4 is 10.2 Å². The van der Waals surface area contributed by atoms with Gasteiger partial charge in [-0.25, -0.2) is 22.3 Å². The molecule has 2 aromatic carbocycles. The first-order chi connectivity index (χ1) is 19.6. The third-order valence-corrected chi connectivity index (χ3v) is 7.92. The van der Waals surface area contributed by atoms with Gasteiger partial charge in [0.05, 0.1) is 36.1 Å². The molecule has 0 spiro atoms. The van der Waals surface area contributed by atoms with Crippen LogP contribution in [0.5, 0.6) is 0 Å². The van der Waals surface area contributed by atoms with Gasteiger partial charge in [0.2, 0.25) is 16.0 Å². The van der Waals surface area contributed by atoms with Crippen LogP contribution in [0.4, 0.5) is 23.7 Å². The molecule has 0 aliphatic carbocycles. The number of methoxy groups -OCH3 is 1. The number of urea groups is 1. The minimum atomic E-state index is -4.70. The Bertz CT molecular complexity index is 1550. The molecule has 3 rings (SSSR count). The minimum absolute atomic E-state index is 0.0254. The molecule has 2 N–H and O–H groups in total. The van der Waals surface area contributed by atoms with Crippen LogP contribution in [0.1, 0.15) is 36.1 Å². The van der Waals surface area contributed by atoms with Crippen molar-refractivity contribution in [2.24, 2.45) is 0 Å². The summed E-state index contributed by atoms with van der Waals surface area (Å²) in [4.78, 5) is 28.7. The van der Waals surface area contributed by atoms with Gasteiger partial charge in [-0.1, -0.05) is 18.2 Å². The van der Waals surface area contributed by atoms with Crippen molar-refractivity contribution in [3.63, 3.8) is 0 Å². The van der Waals surface area contributed by atoms with E-state index in [0.29, 0.717) is 11.1 Å². The number of benzene rings is 2. The van der Waals surface area contributed by atoms with Crippen molar-refractivity contribution in [1.29, 1.82) is 10.7 Å². The Balaban J connectivity index is 2.13. The van der Waals surface area contributed by atoms with Crippen molar-refractivity contribution in [2.45, 2.75) is 25.6 Å². The number of hydrogen-bond acceptors (Lipinski definition) is 7. The molecule has 0 fully saturated rings. The number of amides is 2. The van der Waals surface area contributed by atoms with Crippen LogP contribution in [-0.4, -0.2) is 69.1 Å². The highest BCUT2D eigenvalue weighted by molar-refractivity contribution is 7.88. The SMILES string of the molecule is COC(=O)C1=C(C)N(c2cccc(C(F)(F)F)c2)C(=N)N(C(=O)NCCCN(C)S(C)(=O)=O)C1c1ccc(C#N)cc1. The van der Waals surface area contributed by atoms with Gasteiger partial charge in [-0.3, -0.25) is 15.2 Å². The average molecular weight is 607 g/mol. The Labute approximate surface area is 241 Å². The number of alkyl halides is 3. The largest absolute Gasteiger partial charge is 0.466 e. The fourth-order valence-corrected chi connectivity index (χ4v) is 4.82. The number of hydrogen-bond donors (Lipinski definition) is 2. The van der Waals surface area contributed by atoms with Crippen LogP contribution in [0.3, 0.4) is 0 Å². The van der Waals surface area contributed by atoms with E-state index in [-0.39, 0.29) is 36.5 Å². The lowest BCUT2D eigenvalue weighted by molar-refractivity contribution is -0.138. The molecule has 1 heterocycles. The van der Waals surface area contributed by atoms with Gasteiger partial charge in [0.25, 0.3) is 0 Å². The van der Waals surface area contributed by atoms with E-state index < -0.39 is 45.8 Å². The van der Waals surface area contributed by atoms with Crippen molar-refractivity contribution in [1.82, 2.24) is 14.5 Å². The standard InChI is InChI=1S/C27H29F3N6O5S/c1-17-22(24(37)41-3)23(19-11-9-18(16-31)10-12-19)36(26(38)33-13-6-14-34(2)42(4,39)40)25(32)35(17)21-8-5-7-20(15-21)27(28,29)30/h5,7-12,15,23,32H,6,13-14H2,1-4H3,(H,33,38). The lowest BCUT2D eigenvalue weighted by atomic mass is 9.92. The topological polar surface area (TPSA) is 147 Å². The molecule has 0 saturated carbocycles. The molecule has 2 aromatic rings. The van der Waals surface area contributed by atoms with Crippen LogP contribution in [0.15, 0.2) is 59.8 Å². The Hall–Kier alpha value is -4.42. The summed E-state index contributed by atoms with van der Waals surface area (Å²) < 4.78 is 70.1. The van der Waals surface area contributed by atoms with Crippen LogP contribution in [0.2, 0.25) is 0 Å². The summed E-state index contributed by atoms with van der Waals surface area (Å²) in [5, 5.41) is 20.8. The van der Waals surface area contributed by atoms with E-state index in [9.17, 15) is 36.4 Å². The number of halogens is 3. The zero-order valence-electron chi connectivity index (χ0n) is 23.2. The highest BCUT2D eigenvalue weighted by Gasteiger charge is 2.44. The van der Waals surface area contributed by atoms with Crippen LogP contribution in [0.25, 0.3) is 0 Å². The van der Waals surface area contributed by atoms with Crippen molar-refractivity contribution in [3.8, 4) is 6.07 Å². The fraction of sp³-hybridized carbons (Fsp3) is 0.333. The summed E-state index contributed by atoms with van der Waals surface area (Å²) in [6, 6.07) is 9.85. The van der Waals surface area contributed by atoms with E-state index in [2.05, 4.69) is 5.32 Å². The summed E-state index contributed by atoms with van der Waals surface area (Å²) in [6.45, 7) is 1.48. The van der Waals surface area contributed by atoms with Gasteiger partial charge in [-0.15, -0.1) is 0 Å². The number of ether oxygens (including phenoxy) is 1. The zero-order valence-corrected chi connectivity index (χ0v) is 24.0. The first-order valence-electron chi connectivity index (χ1n) is 12.4. The molecule has 1 unspecified atom stereocenters. The molecule has 11 nitrogen and oxygen atoms in total. The quantitative estimate of drug-likeness (QED) is 0.343. The molecule has 0 bridgehead atoms. The maximum atomic E-state index is 13.6. The van der Waals surface area contributed by atoms with Gasteiger partial charge in [0.15, 0.2) is 0 Å². The van der Waals surface area contributed by atoms with Gasteiger partial charge in [-0.05, 0) is 49.2 Å². The lowest BCUT2D eigenvalue weighted by Crippen LogP contribution is -2.56. The first kappa shape index (κ1) is 32.1. The molecular formula is C27H29F3N6O5S. The highest BCUT2D eigenvalue weighted by Crippen LogP contribution is 2.41. The third kappa shape index (κ3) is 6.89. The van der Waals surface area contributed by atoms with E-state index >= 15 is 0 Å². The Morgan fingerprint density at radius 2 is 1.83 bits per heavy atom. The van der Waals surface area contributed by atoms with Gasteiger partial charge in [-0.2, -0.15) is 18.4 Å². The average Bonchev–Trinajstić information content (AvgIpc) is 2.93. The van der Waals surface area contributed by atoms with E-state index in [1.807, 2.05) is 6.07 Å². The van der Waals surface area contributed by atoms with Gasteiger partial charge in [0, 0.05) is 31.5 Å². The molecule has 0 radical (unpaired) electrons. The Kier molecular flexibility index (Phi) is 9.64. The molecule has 1 aliphatic heterocycles. The number of esters is 1. The van der Waals surface area contributed by atoms with Crippen LogP contribution in [-0.2, 0) is 25.7 Å². The maximum Gasteiger partial charge on any atom is 0.416 e.